The summed E-state index contributed by atoms with van der Waals surface area (Å²) >= 11 is 0. The maximum absolute atomic E-state index is 12.4. The van der Waals surface area contributed by atoms with Gasteiger partial charge in [-0.1, -0.05) is 30.2 Å². The molecule has 1 aliphatic carbocycles. The Hall–Kier alpha value is -2.31. The molecule has 29 heavy (non-hydrogen) atoms. The highest BCUT2D eigenvalue weighted by Gasteiger charge is 2.39. The minimum absolute atomic E-state index is 0.0592. The average molecular weight is 417 g/mol. The van der Waals surface area contributed by atoms with Crippen LogP contribution >= 0.6 is 0 Å². The molecule has 0 heterocycles. The second-order valence-electron chi connectivity index (χ2n) is 7.81. The number of benzene rings is 2. The van der Waals surface area contributed by atoms with Crippen molar-refractivity contribution < 1.29 is 22.1 Å². The maximum Gasteiger partial charge on any atom is 0.297 e. The Labute approximate surface area is 173 Å². The van der Waals surface area contributed by atoms with Crippen molar-refractivity contribution in [1.29, 1.82) is 0 Å². The van der Waals surface area contributed by atoms with E-state index in [4.69, 9.17) is 13.7 Å². The lowest BCUT2D eigenvalue weighted by Crippen LogP contribution is -2.36. The smallest absolute Gasteiger partial charge is 0.297 e. The average Bonchev–Trinajstić information content (AvgIpc) is 2.70. The Bertz CT molecular complexity index is 975. The van der Waals surface area contributed by atoms with E-state index in [2.05, 4.69) is 6.92 Å². The van der Waals surface area contributed by atoms with E-state index in [1.54, 1.807) is 31.4 Å². The molecular weight excluding hydrogens is 388 g/mol. The summed E-state index contributed by atoms with van der Waals surface area (Å²) in [4.78, 5) is 0.181. The molecule has 0 amide bonds. The van der Waals surface area contributed by atoms with Crippen LogP contribution in [0.3, 0.4) is 0 Å². The fourth-order valence-corrected chi connectivity index (χ4v) is 4.44. The van der Waals surface area contributed by atoms with Crippen LogP contribution in [0.25, 0.3) is 0 Å². The van der Waals surface area contributed by atoms with E-state index in [-0.39, 0.29) is 16.9 Å². The molecule has 2 aromatic rings. The van der Waals surface area contributed by atoms with Crippen molar-refractivity contribution in [3.63, 3.8) is 0 Å². The lowest BCUT2D eigenvalue weighted by Gasteiger charge is -2.43. The molecule has 3 rings (SSSR count). The zero-order valence-electron chi connectivity index (χ0n) is 17.4. The van der Waals surface area contributed by atoms with Crippen LogP contribution in [0.5, 0.6) is 11.5 Å². The van der Waals surface area contributed by atoms with Gasteiger partial charge in [-0.2, -0.15) is 8.42 Å². The normalized spacial score (nSPS) is 20.7. The summed E-state index contributed by atoms with van der Waals surface area (Å²) < 4.78 is 41.3. The first-order valence-electron chi connectivity index (χ1n) is 9.65. The molecule has 0 radical (unpaired) electrons. The molecule has 0 aliphatic heterocycles. The molecule has 1 fully saturated rings. The number of hydrogen-bond acceptors (Lipinski definition) is 5. The van der Waals surface area contributed by atoms with E-state index in [0.29, 0.717) is 6.61 Å². The van der Waals surface area contributed by atoms with Crippen LogP contribution < -0.4 is 9.47 Å². The molecule has 0 saturated heterocycles. The summed E-state index contributed by atoms with van der Waals surface area (Å²) in [6.45, 7) is 6.59. The van der Waals surface area contributed by atoms with Gasteiger partial charge in [0.05, 0.1) is 25.2 Å². The van der Waals surface area contributed by atoms with Gasteiger partial charge >= 0.3 is 0 Å². The zero-order valence-corrected chi connectivity index (χ0v) is 18.2. The van der Waals surface area contributed by atoms with Crippen LogP contribution in [0.4, 0.5) is 0 Å². The summed E-state index contributed by atoms with van der Waals surface area (Å²) in [5.41, 5.74) is 3.06. The van der Waals surface area contributed by atoms with Gasteiger partial charge in [-0.05, 0) is 68.7 Å². The fraction of sp³-hybridized carbons (Fsp3) is 0.391. The second-order valence-corrected chi connectivity index (χ2v) is 9.43. The van der Waals surface area contributed by atoms with Crippen molar-refractivity contribution in [3.05, 3.63) is 65.2 Å². The first-order valence-corrected chi connectivity index (χ1v) is 11.1. The predicted octanol–water partition coefficient (Wildman–Crippen LogP) is 4.90. The molecule has 0 N–H and O–H groups in total. The third kappa shape index (κ3) is 5.00. The molecule has 0 aromatic heterocycles. The quantitative estimate of drug-likeness (QED) is 0.452. The third-order valence-corrected chi connectivity index (χ3v) is 6.81. The molecule has 156 valence electrons. The number of ether oxygens (including phenoxy) is 2. The topological polar surface area (TPSA) is 61.8 Å². The van der Waals surface area contributed by atoms with Crippen LogP contribution in [-0.2, 0) is 14.3 Å². The van der Waals surface area contributed by atoms with Crippen molar-refractivity contribution in [2.75, 3.05) is 20.3 Å². The van der Waals surface area contributed by atoms with Crippen molar-refractivity contribution in [2.45, 2.75) is 38.5 Å². The molecule has 1 aliphatic rings. The summed E-state index contributed by atoms with van der Waals surface area (Å²) in [6, 6.07) is 14.2. The lowest BCUT2D eigenvalue weighted by atomic mass is 9.64. The Morgan fingerprint density at radius 1 is 1.03 bits per heavy atom. The van der Waals surface area contributed by atoms with Crippen LogP contribution in [0.1, 0.15) is 32.3 Å². The molecule has 5 nitrogen and oxygen atoms in total. The Kier molecular flexibility index (Phi) is 6.34. The van der Waals surface area contributed by atoms with Crippen molar-refractivity contribution in [2.24, 2.45) is 5.41 Å². The van der Waals surface area contributed by atoms with Gasteiger partial charge < -0.3 is 9.47 Å². The van der Waals surface area contributed by atoms with E-state index in [1.165, 1.54) is 5.57 Å². The molecule has 1 saturated carbocycles. The highest BCUT2D eigenvalue weighted by atomic mass is 32.2. The highest BCUT2D eigenvalue weighted by molar-refractivity contribution is 7.86. The SMILES string of the molecule is COc1ccc(OCC2(C)CC/C2=C(\C)COS(=O)(=O)c2ccc(C)cc2)cc1. The van der Waals surface area contributed by atoms with Gasteiger partial charge in [-0.25, -0.2) is 0 Å². The van der Waals surface area contributed by atoms with E-state index >= 15 is 0 Å². The monoisotopic (exact) mass is 416 g/mol. The first kappa shape index (κ1) is 21.4. The summed E-state index contributed by atoms with van der Waals surface area (Å²) in [5, 5.41) is 0. The van der Waals surface area contributed by atoms with Crippen molar-refractivity contribution in [3.8, 4) is 11.5 Å². The number of methoxy groups -OCH3 is 1. The van der Waals surface area contributed by atoms with Gasteiger partial charge in [0.15, 0.2) is 0 Å². The van der Waals surface area contributed by atoms with Gasteiger partial charge in [-0.3, -0.25) is 4.18 Å². The van der Waals surface area contributed by atoms with Gasteiger partial charge in [-0.15, -0.1) is 0 Å². The molecule has 1 unspecified atom stereocenters. The predicted molar refractivity (Wildman–Crippen MR) is 113 cm³/mol. The fourth-order valence-electron chi connectivity index (χ4n) is 3.51. The molecule has 0 spiro atoms. The Morgan fingerprint density at radius 3 is 2.21 bits per heavy atom. The van der Waals surface area contributed by atoms with Crippen LogP contribution in [-0.4, -0.2) is 28.7 Å². The van der Waals surface area contributed by atoms with Crippen molar-refractivity contribution in [1.82, 2.24) is 0 Å². The Morgan fingerprint density at radius 2 is 1.66 bits per heavy atom. The van der Waals surface area contributed by atoms with E-state index in [9.17, 15) is 8.42 Å². The van der Waals surface area contributed by atoms with Crippen molar-refractivity contribution >= 4 is 10.1 Å². The third-order valence-electron chi connectivity index (χ3n) is 5.53. The highest BCUT2D eigenvalue weighted by Crippen LogP contribution is 2.48. The molecule has 0 bridgehead atoms. The maximum atomic E-state index is 12.4. The van der Waals surface area contributed by atoms with Crippen LogP contribution in [0.2, 0.25) is 0 Å². The number of rotatable bonds is 8. The van der Waals surface area contributed by atoms with Gasteiger partial charge in [0.1, 0.15) is 11.5 Å². The first-order chi connectivity index (χ1) is 13.7. The molecule has 2 aromatic carbocycles. The minimum atomic E-state index is -3.77. The lowest BCUT2D eigenvalue weighted by molar-refractivity contribution is 0.139. The van der Waals surface area contributed by atoms with Crippen LogP contribution in [0.15, 0.2) is 64.6 Å². The molecular formula is C23H28O5S. The van der Waals surface area contributed by atoms with Crippen LogP contribution in [0, 0.1) is 12.3 Å². The Balaban J connectivity index is 1.62. The summed E-state index contributed by atoms with van der Waals surface area (Å²) in [7, 11) is -2.14. The second kappa shape index (κ2) is 8.59. The zero-order chi connectivity index (χ0) is 21.1. The van der Waals surface area contributed by atoms with E-state index in [0.717, 1.165) is 35.5 Å². The molecule has 6 heteroatoms. The van der Waals surface area contributed by atoms with E-state index < -0.39 is 10.1 Å². The largest absolute Gasteiger partial charge is 0.497 e. The minimum Gasteiger partial charge on any atom is -0.497 e. The van der Waals surface area contributed by atoms with E-state index in [1.807, 2.05) is 38.1 Å². The summed E-state index contributed by atoms with van der Waals surface area (Å²) in [6.07, 6.45) is 1.93. The number of hydrogen-bond donors (Lipinski definition) is 0. The standard InChI is InChI=1S/C23H28O5S/c1-17-5-11-21(12-6-17)29(24,25)28-15-18(2)22-13-14-23(22,3)16-27-20-9-7-19(26-4)8-10-20/h5-12H,13-16H2,1-4H3/b22-18-. The van der Waals surface area contributed by atoms with Gasteiger partial charge in [0.25, 0.3) is 10.1 Å². The number of aryl methyl sites for hydroxylation is 1. The molecule has 1 atom stereocenters. The van der Waals surface area contributed by atoms with Gasteiger partial charge in [0.2, 0.25) is 0 Å². The summed E-state index contributed by atoms with van der Waals surface area (Å²) in [5.74, 6) is 1.57. The van der Waals surface area contributed by atoms with Gasteiger partial charge in [0, 0.05) is 5.41 Å².